The van der Waals surface area contributed by atoms with Crippen LogP contribution in [0.1, 0.15) is 83.7 Å². The molecule has 250 valence electrons. The molecule has 0 aliphatic carbocycles. The average Bonchev–Trinajstić information content (AvgIpc) is 2.97. The van der Waals surface area contributed by atoms with Gasteiger partial charge in [-0.15, -0.1) is 0 Å². The summed E-state index contributed by atoms with van der Waals surface area (Å²) in [4.78, 5) is 57.7. The van der Waals surface area contributed by atoms with Crippen molar-refractivity contribution in [2.75, 3.05) is 31.1 Å². The lowest BCUT2D eigenvalue weighted by Gasteiger charge is -2.42. The van der Waals surface area contributed by atoms with Gasteiger partial charge in [0.05, 0.1) is 11.7 Å². The van der Waals surface area contributed by atoms with Gasteiger partial charge in [0.15, 0.2) is 0 Å². The molecule has 0 aromatic heterocycles. The van der Waals surface area contributed by atoms with Gasteiger partial charge in [-0.3, -0.25) is 14.4 Å². The number of carbonyl (C=O) groups excluding carboxylic acids is 4. The summed E-state index contributed by atoms with van der Waals surface area (Å²) in [5.41, 5.74) is -1.86. The highest BCUT2D eigenvalue weighted by atomic mass is 19.1. The van der Waals surface area contributed by atoms with Crippen LogP contribution in [-0.4, -0.2) is 77.5 Å². The van der Waals surface area contributed by atoms with Gasteiger partial charge in [-0.25, -0.2) is 13.6 Å². The SMILES string of the molecule is CCC(=O)NCCN1C(=O)C(C)(c2cc(F)cc(F)c2)Oc2ccc(C(=O)N(C(C)C)[C@@H]3CCCN(C(=O)OC(C)(C)C)C3)cc21. The number of ether oxygens (including phenoxy) is 2. The molecule has 2 aromatic carbocycles. The predicted octanol–water partition coefficient (Wildman–Crippen LogP) is 5.38. The molecule has 1 saturated heterocycles. The molecule has 1 N–H and O–H groups in total. The zero-order chi connectivity index (χ0) is 34.0. The molecule has 1 fully saturated rings. The Hall–Kier alpha value is -4.22. The van der Waals surface area contributed by atoms with Crippen LogP contribution in [0.3, 0.4) is 0 Å². The number of fused-ring (bicyclic) bond motifs is 1. The number of carbonyl (C=O) groups is 4. The lowest BCUT2D eigenvalue weighted by Crippen LogP contribution is -2.55. The first-order valence-electron chi connectivity index (χ1n) is 15.7. The molecule has 1 unspecified atom stereocenters. The highest BCUT2D eigenvalue weighted by Gasteiger charge is 2.47. The summed E-state index contributed by atoms with van der Waals surface area (Å²) in [5, 5.41) is 2.75. The van der Waals surface area contributed by atoms with Crippen molar-refractivity contribution in [3.05, 3.63) is 59.2 Å². The molecule has 2 heterocycles. The van der Waals surface area contributed by atoms with E-state index >= 15 is 0 Å². The molecular formula is C34H44F2N4O6. The molecular weight excluding hydrogens is 598 g/mol. The molecule has 2 aliphatic heterocycles. The number of benzene rings is 2. The molecule has 4 rings (SSSR count). The zero-order valence-electron chi connectivity index (χ0n) is 27.6. The molecule has 10 nitrogen and oxygen atoms in total. The maximum Gasteiger partial charge on any atom is 0.410 e. The second kappa shape index (κ2) is 13.6. The van der Waals surface area contributed by atoms with Crippen molar-refractivity contribution in [1.82, 2.24) is 15.1 Å². The van der Waals surface area contributed by atoms with Crippen molar-refractivity contribution in [3.63, 3.8) is 0 Å². The van der Waals surface area contributed by atoms with Crippen LogP contribution < -0.4 is 15.0 Å². The van der Waals surface area contributed by atoms with E-state index in [-0.39, 0.29) is 54.7 Å². The number of amides is 4. The quantitative estimate of drug-likeness (QED) is 0.414. The van der Waals surface area contributed by atoms with E-state index in [0.29, 0.717) is 43.2 Å². The molecule has 0 spiro atoms. The van der Waals surface area contributed by atoms with E-state index in [4.69, 9.17) is 9.47 Å². The number of rotatable bonds is 8. The third-order valence-corrected chi connectivity index (χ3v) is 8.09. The Labute approximate surface area is 269 Å². The topological polar surface area (TPSA) is 108 Å². The number of anilines is 1. The van der Waals surface area contributed by atoms with Crippen LogP contribution in [0.2, 0.25) is 0 Å². The summed E-state index contributed by atoms with van der Waals surface area (Å²) < 4.78 is 40.2. The summed E-state index contributed by atoms with van der Waals surface area (Å²) in [6.45, 7) is 13.3. The van der Waals surface area contributed by atoms with Crippen molar-refractivity contribution in [1.29, 1.82) is 0 Å². The highest BCUT2D eigenvalue weighted by molar-refractivity contribution is 6.05. The smallest absolute Gasteiger partial charge is 0.410 e. The van der Waals surface area contributed by atoms with Gasteiger partial charge in [-0.1, -0.05) is 6.92 Å². The number of hydrogen-bond donors (Lipinski definition) is 1. The summed E-state index contributed by atoms with van der Waals surface area (Å²) >= 11 is 0. The zero-order valence-corrected chi connectivity index (χ0v) is 27.6. The summed E-state index contributed by atoms with van der Waals surface area (Å²) in [7, 11) is 0. The van der Waals surface area contributed by atoms with Crippen molar-refractivity contribution in [2.24, 2.45) is 0 Å². The van der Waals surface area contributed by atoms with Crippen LogP contribution in [0.15, 0.2) is 36.4 Å². The molecule has 0 bridgehead atoms. The Bertz CT molecular complexity index is 1470. The standard InChI is InChI=1S/C34H44F2N4O6/c1-8-29(41)37-13-15-39-27-16-22(11-12-28(27)45-34(7,31(39)43)23-17-24(35)19-25(36)18-23)30(42)40(21(2)3)26-10-9-14-38(20-26)32(44)46-33(4,5)6/h11-12,16-19,21,26H,8-10,13-15,20H2,1-7H3,(H,37,41)/t26-,34?/m1/s1. The first kappa shape index (κ1) is 34.6. The van der Waals surface area contributed by atoms with E-state index < -0.39 is 34.8 Å². The first-order chi connectivity index (χ1) is 21.5. The number of nitrogens with zero attached hydrogens (tertiary/aromatic N) is 3. The van der Waals surface area contributed by atoms with E-state index in [1.54, 1.807) is 55.7 Å². The van der Waals surface area contributed by atoms with Gasteiger partial charge in [-0.05, 0) is 84.7 Å². The third kappa shape index (κ3) is 7.59. The molecule has 46 heavy (non-hydrogen) atoms. The van der Waals surface area contributed by atoms with Crippen LogP contribution in [0, 0.1) is 11.6 Å². The largest absolute Gasteiger partial charge is 0.471 e. The Morgan fingerprint density at radius 2 is 1.80 bits per heavy atom. The van der Waals surface area contributed by atoms with Crippen molar-refractivity contribution < 1.29 is 37.4 Å². The maximum atomic E-state index is 14.2. The number of nitrogens with one attached hydrogen (secondary N) is 1. The Morgan fingerprint density at radius 1 is 1.13 bits per heavy atom. The van der Waals surface area contributed by atoms with Crippen molar-refractivity contribution in [3.8, 4) is 5.75 Å². The van der Waals surface area contributed by atoms with Crippen LogP contribution in [0.4, 0.5) is 19.3 Å². The van der Waals surface area contributed by atoms with E-state index in [9.17, 15) is 28.0 Å². The summed E-state index contributed by atoms with van der Waals surface area (Å²) in [6.07, 6.45) is 1.22. The molecule has 0 radical (unpaired) electrons. The van der Waals surface area contributed by atoms with Crippen LogP contribution in [0.5, 0.6) is 5.75 Å². The lowest BCUT2D eigenvalue weighted by molar-refractivity contribution is -0.135. The number of likely N-dealkylation sites (tertiary alicyclic amines) is 1. The second-order valence-corrected chi connectivity index (χ2v) is 13.2. The normalized spacial score (nSPS) is 19.8. The first-order valence-corrected chi connectivity index (χ1v) is 15.7. The molecule has 4 amide bonds. The molecule has 2 atom stereocenters. The second-order valence-electron chi connectivity index (χ2n) is 13.2. The minimum Gasteiger partial charge on any atom is -0.471 e. The minimum atomic E-state index is -1.78. The lowest BCUT2D eigenvalue weighted by atomic mass is 9.91. The predicted molar refractivity (Wildman–Crippen MR) is 169 cm³/mol. The molecule has 2 aliphatic rings. The highest BCUT2D eigenvalue weighted by Crippen LogP contribution is 2.43. The summed E-state index contributed by atoms with van der Waals surface area (Å²) in [5.74, 6) is -2.59. The van der Waals surface area contributed by atoms with Crippen LogP contribution in [-0.2, 0) is 19.9 Å². The maximum absolute atomic E-state index is 14.2. The minimum absolute atomic E-state index is 0.0128. The van der Waals surface area contributed by atoms with Gasteiger partial charge >= 0.3 is 6.09 Å². The third-order valence-electron chi connectivity index (χ3n) is 8.09. The molecule has 12 heteroatoms. The van der Waals surface area contributed by atoms with Gasteiger partial charge < -0.3 is 29.5 Å². The van der Waals surface area contributed by atoms with Crippen LogP contribution >= 0.6 is 0 Å². The Kier molecular flexibility index (Phi) is 10.3. The van der Waals surface area contributed by atoms with Gasteiger partial charge in [0, 0.05) is 55.8 Å². The van der Waals surface area contributed by atoms with Gasteiger partial charge in [0.2, 0.25) is 11.5 Å². The van der Waals surface area contributed by atoms with Crippen LogP contribution in [0.25, 0.3) is 0 Å². The summed E-state index contributed by atoms with van der Waals surface area (Å²) in [6, 6.07) is 7.04. The number of halogens is 2. The number of hydrogen-bond acceptors (Lipinski definition) is 6. The Morgan fingerprint density at radius 3 is 2.41 bits per heavy atom. The fourth-order valence-electron chi connectivity index (χ4n) is 5.89. The molecule has 0 saturated carbocycles. The van der Waals surface area contributed by atoms with Crippen molar-refractivity contribution in [2.45, 2.75) is 91.0 Å². The average molecular weight is 643 g/mol. The van der Waals surface area contributed by atoms with E-state index in [1.807, 2.05) is 13.8 Å². The van der Waals surface area contributed by atoms with E-state index in [0.717, 1.165) is 12.1 Å². The van der Waals surface area contributed by atoms with Gasteiger partial charge in [0.25, 0.3) is 11.8 Å². The fourth-order valence-corrected chi connectivity index (χ4v) is 5.89. The van der Waals surface area contributed by atoms with E-state index in [2.05, 4.69) is 5.32 Å². The van der Waals surface area contributed by atoms with Gasteiger partial charge in [-0.2, -0.15) is 0 Å². The van der Waals surface area contributed by atoms with Gasteiger partial charge in [0.1, 0.15) is 23.0 Å². The van der Waals surface area contributed by atoms with Crippen molar-refractivity contribution >= 4 is 29.5 Å². The number of piperidine rings is 1. The Balaban J connectivity index is 1.68. The van der Waals surface area contributed by atoms with E-state index in [1.165, 1.54) is 11.8 Å². The fraction of sp³-hybridized carbons (Fsp3) is 0.529. The monoisotopic (exact) mass is 642 g/mol. The molecule has 2 aromatic rings.